The largest absolute Gasteiger partial charge is 0.480 e. The fraction of sp³-hybridized carbons (Fsp3) is 0.591. The minimum Gasteiger partial charge on any atom is -0.480 e. The summed E-state index contributed by atoms with van der Waals surface area (Å²) in [5.41, 5.74) is 0.213. The number of alkyl carbamates (subject to hydrolysis) is 1. The number of hydrogen-bond acceptors (Lipinski definition) is 5. The van der Waals surface area contributed by atoms with Gasteiger partial charge in [-0.05, 0) is 45.6 Å². The van der Waals surface area contributed by atoms with Crippen molar-refractivity contribution in [2.24, 2.45) is 5.92 Å². The molecule has 1 aromatic rings. The Morgan fingerprint density at radius 1 is 1.14 bits per heavy atom. The van der Waals surface area contributed by atoms with Crippen molar-refractivity contribution in [1.82, 2.24) is 5.32 Å². The first kappa shape index (κ1) is 22.7. The highest BCUT2D eigenvalue weighted by molar-refractivity contribution is 5.81. The van der Waals surface area contributed by atoms with Gasteiger partial charge in [0.25, 0.3) is 0 Å². The molecule has 1 amide bonds. The van der Waals surface area contributed by atoms with Gasteiger partial charge in [-0.15, -0.1) is 0 Å². The summed E-state index contributed by atoms with van der Waals surface area (Å²) in [4.78, 5) is 35.8. The van der Waals surface area contributed by atoms with Crippen LogP contribution < -0.4 is 5.32 Å². The number of benzene rings is 1. The van der Waals surface area contributed by atoms with E-state index in [2.05, 4.69) is 5.32 Å². The van der Waals surface area contributed by atoms with E-state index in [4.69, 9.17) is 9.47 Å². The summed E-state index contributed by atoms with van der Waals surface area (Å²) in [5.74, 6) is -1.42. The molecule has 7 nitrogen and oxygen atoms in total. The van der Waals surface area contributed by atoms with Crippen LogP contribution in [0.2, 0.25) is 0 Å². The first-order chi connectivity index (χ1) is 13.7. The Labute approximate surface area is 171 Å². The Morgan fingerprint density at radius 2 is 1.76 bits per heavy atom. The predicted octanol–water partition coefficient (Wildman–Crippen LogP) is 4.22. The SMILES string of the molecule is CC(C)(C)OC(=O)N[C@@H](CCC(=O)OC(c1ccccc1)C1CCCC1)C(=O)O. The van der Waals surface area contributed by atoms with Crippen LogP contribution in [0.5, 0.6) is 0 Å². The van der Waals surface area contributed by atoms with Crippen molar-refractivity contribution in [3.05, 3.63) is 35.9 Å². The van der Waals surface area contributed by atoms with Gasteiger partial charge >= 0.3 is 18.0 Å². The number of esters is 1. The maximum absolute atomic E-state index is 12.5. The molecule has 0 heterocycles. The monoisotopic (exact) mass is 405 g/mol. The van der Waals surface area contributed by atoms with Gasteiger partial charge in [-0.2, -0.15) is 0 Å². The van der Waals surface area contributed by atoms with Gasteiger partial charge in [-0.3, -0.25) is 4.79 Å². The lowest BCUT2D eigenvalue weighted by Gasteiger charge is -2.25. The molecule has 1 aromatic carbocycles. The molecular formula is C22H31NO6. The lowest BCUT2D eigenvalue weighted by molar-refractivity contribution is -0.153. The third-order valence-corrected chi connectivity index (χ3v) is 4.84. The number of carbonyl (C=O) groups excluding carboxylic acids is 2. The molecule has 0 bridgehead atoms. The van der Waals surface area contributed by atoms with E-state index in [-0.39, 0.29) is 24.9 Å². The number of amides is 1. The van der Waals surface area contributed by atoms with Gasteiger partial charge in [0.2, 0.25) is 0 Å². The standard InChI is InChI=1S/C22H31NO6/c1-22(2,3)29-21(27)23-17(20(25)26)13-14-18(24)28-19(16-11-7-8-12-16)15-9-5-4-6-10-15/h4-6,9-10,16-17,19H,7-8,11-14H2,1-3H3,(H,23,27)(H,25,26)/t17-,19?/m0/s1. The molecule has 1 fully saturated rings. The fourth-order valence-electron chi connectivity index (χ4n) is 3.51. The van der Waals surface area contributed by atoms with E-state index < -0.39 is 29.7 Å². The predicted molar refractivity (Wildman–Crippen MR) is 107 cm³/mol. The van der Waals surface area contributed by atoms with Crippen molar-refractivity contribution >= 4 is 18.0 Å². The molecule has 0 spiro atoms. The summed E-state index contributed by atoms with van der Waals surface area (Å²) >= 11 is 0. The van der Waals surface area contributed by atoms with Crippen molar-refractivity contribution in [2.75, 3.05) is 0 Å². The van der Waals surface area contributed by atoms with Crippen LogP contribution in [0.25, 0.3) is 0 Å². The van der Waals surface area contributed by atoms with Crippen molar-refractivity contribution in [2.45, 2.75) is 77.0 Å². The van der Waals surface area contributed by atoms with Gasteiger partial charge in [0, 0.05) is 12.3 Å². The molecule has 0 saturated heterocycles. The average Bonchev–Trinajstić information content (AvgIpc) is 3.16. The van der Waals surface area contributed by atoms with Gasteiger partial charge in [0.1, 0.15) is 17.7 Å². The Balaban J connectivity index is 1.94. The molecule has 160 valence electrons. The second-order valence-corrected chi connectivity index (χ2v) is 8.44. The first-order valence-corrected chi connectivity index (χ1v) is 10.1. The lowest BCUT2D eigenvalue weighted by atomic mass is 9.94. The summed E-state index contributed by atoms with van der Waals surface area (Å²) in [6.45, 7) is 5.06. The smallest absolute Gasteiger partial charge is 0.408 e. The van der Waals surface area contributed by atoms with Crippen molar-refractivity contribution in [3.8, 4) is 0 Å². The zero-order valence-corrected chi connectivity index (χ0v) is 17.3. The van der Waals surface area contributed by atoms with Gasteiger partial charge in [-0.25, -0.2) is 9.59 Å². The van der Waals surface area contributed by atoms with Crippen LogP contribution in [-0.2, 0) is 19.1 Å². The van der Waals surface area contributed by atoms with E-state index in [9.17, 15) is 19.5 Å². The fourth-order valence-corrected chi connectivity index (χ4v) is 3.51. The molecule has 0 radical (unpaired) electrons. The normalized spacial score (nSPS) is 16.7. The van der Waals surface area contributed by atoms with Crippen LogP contribution in [0.3, 0.4) is 0 Å². The van der Waals surface area contributed by atoms with E-state index in [1.165, 1.54) is 0 Å². The molecular weight excluding hydrogens is 374 g/mol. The lowest BCUT2D eigenvalue weighted by Crippen LogP contribution is -2.43. The molecule has 2 atom stereocenters. The maximum atomic E-state index is 12.5. The van der Waals surface area contributed by atoms with Gasteiger partial charge in [0.15, 0.2) is 0 Å². The minimum absolute atomic E-state index is 0.0699. The van der Waals surface area contributed by atoms with E-state index in [0.29, 0.717) is 0 Å². The van der Waals surface area contributed by atoms with E-state index in [1.807, 2.05) is 30.3 Å². The molecule has 1 unspecified atom stereocenters. The Morgan fingerprint density at radius 3 is 2.31 bits per heavy atom. The molecule has 1 aliphatic carbocycles. The Bertz CT molecular complexity index is 691. The highest BCUT2D eigenvalue weighted by atomic mass is 16.6. The molecule has 0 aromatic heterocycles. The zero-order valence-electron chi connectivity index (χ0n) is 17.3. The summed E-state index contributed by atoms with van der Waals surface area (Å²) < 4.78 is 10.8. The number of ether oxygens (including phenoxy) is 2. The number of hydrogen-bond donors (Lipinski definition) is 2. The van der Waals surface area contributed by atoms with Gasteiger partial charge in [-0.1, -0.05) is 43.2 Å². The van der Waals surface area contributed by atoms with Gasteiger partial charge in [0.05, 0.1) is 0 Å². The number of nitrogens with one attached hydrogen (secondary N) is 1. The molecule has 29 heavy (non-hydrogen) atoms. The van der Waals surface area contributed by atoms with Gasteiger partial charge < -0.3 is 19.9 Å². The van der Waals surface area contributed by atoms with Crippen LogP contribution >= 0.6 is 0 Å². The van der Waals surface area contributed by atoms with E-state index >= 15 is 0 Å². The van der Waals surface area contributed by atoms with Crippen LogP contribution in [0.4, 0.5) is 4.79 Å². The molecule has 0 aliphatic heterocycles. The van der Waals surface area contributed by atoms with E-state index in [0.717, 1.165) is 31.2 Å². The summed E-state index contributed by atoms with van der Waals surface area (Å²) in [7, 11) is 0. The highest BCUT2D eigenvalue weighted by Gasteiger charge is 2.30. The van der Waals surface area contributed by atoms with Crippen molar-refractivity contribution < 1.29 is 29.0 Å². The summed E-state index contributed by atoms with van der Waals surface area (Å²) in [6, 6.07) is 8.41. The topological polar surface area (TPSA) is 102 Å². The minimum atomic E-state index is -1.22. The third kappa shape index (κ3) is 7.75. The summed E-state index contributed by atoms with van der Waals surface area (Å²) in [5, 5.41) is 11.6. The van der Waals surface area contributed by atoms with Crippen molar-refractivity contribution in [3.63, 3.8) is 0 Å². The number of rotatable bonds is 8. The number of carbonyl (C=O) groups is 3. The quantitative estimate of drug-likeness (QED) is 0.628. The molecule has 1 saturated carbocycles. The van der Waals surface area contributed by atoms with Crippen LogP contribution in [-0.4, -0.2) is 34.8 Å². The second kappa shape index (κ2) is 10.3. The Kier molecular flexibility index (Phi) is 8.05. The summed E-state index contributed by atoms with van der Waals surface area (Å²) in [6.07, 6.45) is 2.91. The van der Waals surface area contributed by atoms with Crippen LogP contribution in [0.1, 0.15) is 71.0 Å². The number of aliphatic carboxylic acids is 1. The highest BCUT2D eigenvalue weighted by Crippen LogP contribution is 2.38. The third-order valence-electron chi connectivity index (χ3n) is 4.84. The second-order valence-electron chi connectivity index (χ2n) is 8.44. The van der Waals surface area contributed by atoms with Crippen LogP contribution in [0.15, 0.2) is 30.3 Å². The van der Waals surface area contributed by atoms with Crippen molar-refractivity contribution in [1.29, 1.82) is 0 Å². The van der Waals surface area contributed by atoms with Crippen LogP contribution in [0, 0.1) is 5.92 Å². The van der Waals surface area contributed by atoms with E-state index in [1.54, 1.807) is 20.8 Å². The number of carboxylic acid groups (broad SMARTS) is 1. The molecule has 7 heteroatoms. The Hall–Kier alpha value is -2.57. The molecule has 1 aliphatic rings. The first-order valence-electron chi connectivity index (χ1n) is 10.1. The molecule has 2 rings (SSSR count). The average molecular weight is 405 g/mol. The zero-order chi connectivity index (χ0) is 21.4. The maximum Gasteiger partial charge on any atom is 0.408 e. The number of carboxylic acids is 1. The molecule has 2 N–H and O–H groups in total.